The summed E-state index contributed by atoms with van der Waals surface area (Å²) in [4.78, 5) is 30.5. The molecule has 4 N–H and O–H groups in total. The third kappa shape index (κ3) is 6.79. The monoisotopic (exact) mass is 446 g/mol. The lowest BCUT2D eigenvalue weighted by Gasteiger charge is -2.21. The van der Waals surface area contributed by atoms with Crippen LogP contribution in [0.1, 0.15) is 26.3 Å². The predicted molar refractivity (Wildman–Crippen MR) is 117 cm³/mol. The SMILES string of the molecule is COc1ccc(C(C)(C)C)cc1NCC(=O)Nc1ccc2c(c1)OCO2.O=C(O)C(=O)O. The third-order valence-corrected chi connectivity index (χ3v) is 4.34. The fourth-order valence-electron chi connectivity index (χ4n) is 2.67. The third-order valence-electron chi connectivity index (χ3n) is 4.34. The number of carbonyl (C=O) groups excluding carboxylic acids is 1. The molecule has 10 heteroatoms. The van der Waals surface area contributed by atoms with Crippen LogP contribution in [0.25, 0.3) is 0 Å². The zero-order chi connectivity index (χ0) is 23.9. The molecule has 172 valence electrons. The Bertz CT molecular complexity index is 986. The van der Waals surface area contributed by atoms with Gasteiger partial charge in [-0.15, -0.1) is 0 Å². The summed E-state index contributed by atoms with van der Waals surface area (Å²) in [6.07, 6.45) is 0. The van der Waals surface area contributed by atoms with Gasteiger partial charge in [0.2, 0.25) is 12.7 Å². The summed E-state index contributed by atoms with van der Waals surface area (Å²) in [5, 5.41) is 20.8. The van der Waals surface area contributed by atoms with E-state index in [1.54, 1.807) is 25.3 Å². The van der Waals surface area contributed by atoms with Gasteiger partial charge in [-0.1, -0.05) is 26.8 Å². The quantitative estimate of drug-likeness (QED) is 0.510. The van der Waals surface area contributed by atoms with E-state index in [9.17, 15) is 4.79 Å². The molecule has 0 saturated carbocycles. The van der Waals surface area contributed by atoms with Gasteiger partial charge in [-0.25, -0.2) is 9.59 Å². The summed E-state index contributed by atoms with van der Waals surface area (Å²) in [6.45, 7) is 6.76. The highest BCUT2D eigenvalue weighted by molar-refractivity contribution is 6.27. The molecule has 0 fully saturated rings. The molecule has 32 heavy (non-hydrogen) atoms. The second kappa shape index (κ2) is 10.4. The Hall–Kier alpha value is -3.95. The van der Waals surface area contributed by atoms with Gasteiger partial charge >= 0.3 is 11.9 Å². The largest absolute Gasteiger partial charge is 0.495 e. The van der Waals surface area contributed by atoms with E-state index in [1.165, 1.54) is 0 Å². The maximum atomic E-state index is 12.3. The van der Waals surface area contributed by atoms with Crippen molar-refractivity contribution in [1.29, 1.82) is 0 Å². The maximum absolute atomic E-state index is 12.3. The van der Waals surface area contributed by atoms with Crippen LogP contribution < -0.4 is 24.8 Å². The Balaban J connectivity index is 0.000000534. The average molecular weight is 446 g/mol. The lowest BCUT2D eigenvalue weighted by atomic mass is 9.87. The molecule has 3 rings (SSSR count). The average Bonchev–Trinajstić information content (AvgIpc) is 3.19. The van der Waals surface area contributed by atoms with Crippen molar-refractivity contribution in [3.8, 4) is 17.2 Å². The van der Waals surface area contributed by atoms with Crippen LogP contribution in [0.15, 0.2) is 36.4 Å². The standard InChI is InChI=1S/C20H24N2O4.C2H2O4/c1-20(2,3)13-5-7-16(24-4)15(9-13)21-11-19(23)22-14-6-8-17-18(10-14)26-12-25-17;3-1(4)2(5)6/h5-10,21H,11-12H2,1-4H3,(H,22,23);(H,3,4)(H,5,6). The number of nitrogens with one attached hydrogen (secondary N) is 2. The topological polar surface area (TPSA) is 143 Å². The normalized spacial score (nSPS) is 11.6. The Morgan fingerprint density at radius 3 is 2.25 bits per heavy atom. The summed E-state index contributed by atoms with van der Waals surface area (Å²) in [7, 11) is 1.62. The van der Waals surface area contributed by atoms with Crippen LogP contribution in [0.3, 0.4) is 0 Å². The van der Waals surface area contributed by atoms with Gasteiger partial charge in [0.1, 0.15) is 5.75 Å². The van der Waals surface area contributed by atoms with E-state index in [0.717, 1.165) is 11.3 Å². The molecule has 0 bridgehead atoms. The van der Waals surface area contributed by atoms with Crippen molar-refractivity contribution >= 4 is 29.2 Å². The lowest BCUT2D eigenvalue weighted by Crippen LogP contribution is -2.22. The van der Waals surface area contributed by atoms with Gasteiger partial charge in [0.15, 0.2) is 11.5 Å². The molecule has 0 aliphatic carbocycles. The number of aliphatic carboxylic acids is 2. The number of amides is 1. The Labute approximate surface area is 185 Å². The minimum atomic E-state index is -1.82. The number of anilines is 2. The van der Waals surface area contributed by atoms with Crippen molar-refractivity contribution in [3.63, 3.8) is 0 Å². The molecule has 1 aliphatic rings. The minimum absolute atomic E-state index is 0.0114. The molecule has 0 atom stereocenters. The second-order valence-corrected chi connectivity index (χ2v) is 7.75. The summed E-state index contributed by atoms with van der Waals surface area (Å²) in [6, 6.07) is 11.3. The number of carboxylic acid groups (broad SMARTS) is 2. The van der Waals surface area contributed by atoms with Crippen molar-refractivity contribution in [2.24, 2.45) is 0 Å². The van der Waals surface area contributed by atoms with Crippen LogP contribution in [-0.2, 0) is 19.8 Å². The van der Waals surface area contributed by atoms with Gasteiger partial charge in [0, 0.05) is 11.8 Å². The van der Waals surface area contributed by atoms with E-state index in [4.69, 9.17) is 34.0 Å². The zero-order valence-corrected chi connectivity index (χ0v) is 18.2. The first-order valence-electron chi connectivity index (χ1n) is 9.59. The predicted octanol–water partition coefficient (Wildman–Crippen LogP) is 2.93. The molecule has 0 radical (unpaired) electrons. The van der Waals surface area contributed by atoms with Crippen LogP contribution in [0.5, 0.6) is 17.2 Å². The molecule has 2 aromatic rings. The van der Waals surface area contributed by atoms with E-state index in [0.29, 0.717) is 22.9 Å². The summed E-state index contributed by atoms with van der Waals surface area (Å²) < 4.78 is 16.0. The first-order chi connectivity index (χ1) is 15.0. The summed E-state index contributed by atoms with van der Waals surface area (Å²) in [5.74, 6) is -1.79. The van der Waals surface area contributed by atoms with E-state index in [1.807, 2.05) is 18.2 Å². The molecular formula is C22H26N2O8. The fraction of sp³-hybridized carbons (Fsp3) is 0.318. The molecule has 0 aromatic heterocycles. The smallest absolute Gasteiger partial charge is 0.414 e. The van der Waals surface area contributed by atoms with Gasteiger partial charge in [0.05, 0.1) is 19.3 Å². The van der Waals surface area contributed by atoms with Gasteiger partial charge < -0.3 is 35.1 Å². The van der Waals surface area contributed by atoms with Gasteiger partial charge in [-0.3, -0.25) is 4.79 Å². The van der Waals surface area contributed by atoms with Crippen molar-refractivity contribution in [3.05, 3.63) is 42.0 Å². The van der Waals surface area contributed by atoms with Crippen molar-refractivity contribution in [2.45, 2.75) is 26.2 Å². The molecule has 0 spiro atoms. The highest BCUT2D eigenvalue weighted by atomic mass is 16.7. The minimum Gasteiger partial charge on any atom is -0.495 e. The number of carbonyl (C=O) groups is 3. The molecular weight excluding hydrogens is 420 g/mol. The number of fused-ring (bicyclic) bond motifs is 1. The molecule has 1 amide bonds. The van der Waals surface area contributed by atoms with E-state index < -0.39 is 11.9 Å². The molecule has 2 aromatic carbocycles. The number of hydrogen-bond acceptors (Lipinski definition) is 7. The zero-order valence-electron chi connectivity index (χ0n) is 18.2. The molecule has 0 unspecified atom stereocenters. The van der Waals surface area contributed by atoms with Gasteiger partial charge in [-0.05, 0) is 35.2 Å². The Kier molecular flexibility index (Phi) is 7.89. The number of methoxy groups -OCH3 is 1. The van der Waals surface area contributed by atoms with Crippen LogP contribution in [-0.4, -0.2) is 48.5 Å². The lowest BCUT2D eigenvalue weighted by molar-refractivity contribution is -0.159. The van der Waals surface area contributed by atoms with Gasteiger partial charge in [-0.2, -0.15) is 0 Å². The highest BCUT2D eigenvalue weighted by Crippen LogP contribution is 2.34. The Morgan fingerprint density at radius 2 is 1.66 bits per heavy atom. The van der Waals surface area contributed by atoms with E-state index >= 15 is 0 Å². The Morgan fingerprint density at radius 1 is 1.00 bits per heavy atom. The van der Waals surface area contributed by atoms with Crippen molar-refractivity contribution in [1.82, 2.24) is 0 Å². The van der Waals surface area contributed by atoms with Gasteiger partial charge in [0.25, 0.3) is 0 Å². The second-order valence-electron chi connectivity index (χ2n) is 7.75. The molecule has 10 nitrogen and oxygen atoms in total. The van der Waals surface area contributed by atoms with Crippen molar-refractivity contribution < 1.29 is 38.8 Å². The number of carboxylic acids is 2. The highest BCUT2D eigenvalue weighted by Gasteiger charge is 2.17. The van der Waals surface area contributed by atoms with Crippen LogP contribution in [0.4, 0.5) is 11.4 Å². The van der Waals surface area contributed by atoms with E-state index in [-0.39, 0.29) is 24.7 Å². The van der Waals surface area contributed by atoms with Crippen LogP contribution in [0, 0.1) is 0 Å². The summed E-state index contributed by atoms with van der Waals surface area (Å²) >= 11 is 0. The number of rotatable bonds is 5. The molecule has 1 aliphatic heterocycles. The number of hydrogen-bond donors (Lipinski definition) is 4. The van der Waals surface area contributed by atoms with Crippen LogP contribution >= 0.6 is 0 Å². The molecule has 0 saturated heterocycles. The summed E-state index contributed by atoms with van der Waals surface area (Å²) in [5.41, 5.74) is 2.63. The van der Waals surface area contributed by atoms with Crippen molar-refractivity contribution in [2.75, 3.05) is 31.1 Å². The van der Waals surface area contributed by atoms with Crippen LogP contribution in [0.2, 0.25) is 0 Å². The first-order valence-corrected chi connectivity index (χ1v) is 9.59. The number of benzene rings is 2. The molecule has 1 heterocycles. The fourth-order valence-corrected chi connectivity index (χ4v) is 2.67. The first kappa shape index (κ1) is 24.3. The van der Waals surface area contributed by atoms with E-state index in [2.05, 4.69) is 31.4 Å². The number of ether oxygens (including phenoxy) is 3. The maximum Gasteiger partial charge on any atom is 0.414 e.